The molecule has 0 saturated carbocycles. The molecule has 0 fully saturated rings. The molecule has 3 rings (SSSR count). The highest BCUT2D eigenvalue weighted by Crippen LogP contribution is 2.32. The van der Waals surface area contributed by atoms with E-state index in [1.807, 2.05) is 24.3 Å². The molecule has 2 aromatic carbocycles. The first-order valence-electron chi connectivity index (χ1n) is 9.02. The van der Waals surface area contributed by atoms with Crippen molar-refractivity contribution < 1.29 is 23.0 Å². The van der Waals surface area contributed by atoms with Gasteiger partial charge in [-0.3, -0.25) is 4.79 Å². The highest BCUT2D eigenvalue weighted by atomic mass is 35.5. The quantitative estimate of drug-likeness (QED) is 0.531. The SMILES string of the molecule is CCOc1cc(CN(C)C(=O)c2c(Cl)c3ccccc3n2C)ccc1OC(F)F. The molecule has 8 heteroatoms. The third kappa shape index (κ3) is 4.29. The molecule has 1 aromatic heterocycles. The van der Waals surface area contributed by atoms with Crippen molar-refractivity contribution in [3.63, 3.8) is 0 Å². The maximum absolute atomic E-state index is 13.0. The first-order chi connectivity index (χ1) is 13.8. The molecule has 5 nitrogen and oxygen atoms in total. The highest BCUT2D eigenvalue weighted by molar-refractivity contribution is 6.38. The van der Waals surface area contributed by atoms with Crippen molar-refractivity contribution in [1.29, 1.82) is 0 Å². The summed E-state index contributed by atoms with van der Waals surface area (Å²) in [5, 5.41) is 1.20. The van der Waals surface area contributed by atoms with Gasteiger partial charge < -0.3 is 18.9 Å². The molecule has 3 aromatic rings. The third-order valence-corrected chi connectivity index (χ3v) is 4.92. The summed E-state index contributed by atoms with van der Waals surface area (Å²) in [5.41, 5.74) is 1.96. The molecule has 154 valence electrons. The average molecular weight is 423 g/mol. The summed E-state index contributed by atoms with van der Waals surface area (Å²) in [5.74, 6) is -0.0929. The smallest absolute Gasteiger partial charge is 0.387 e. The van der Waals surface area contributed by atoms with Crippen molar-refractivity contribution in [2.75, 3.05) is 13.7 Å². The Kier molecular flexibility index (Phi) is 6.27. The van der Waals surface area contributed by atoms with Crippen molar-refractivity contribution in [2.45, 2.75) is 20.1 Å². The van der Waals surface area contributed by atoms with Crippen LogP contribution in [0.1, 0.15) is 23.0 Å². The van der Waals surface area contributed by atoms with Gasteiger partial charge >= 0.3 is 6.61 Å². The van der Waals surface area contributed by atoms with Gasteiger partial charge in [-0.2, -0.15) is 8.78 Å². The number of ether oxygens (including phenoxy) is 2. The van der Waals surface area contributed by atoms with Gasteiger partial charge in [-0.15, -0.1) is 0 Å². The molecule has 0 aliphatic heterocycles. The number of hydrogen-bond acceptors (Lipinski definition) is 3. The molecule has 0 unspecified atom stereocenters. The van der Waals surface area contributed by atoms with Crippen LogP contribution in [0.4, 0.5) is 8.78 Å². The molecule has 0 aliphatic carbocycles. The second-order valence-corrected chi connectivity index (χ2v) is 6.87. The van der Waals surface area contributed by atoms with E-state index in [0.29, 0.717) is 22.9 Å². The van der Waals surface area contributed by atoms with Gasteiger partial charge in [0.05, 0.1) is 11.6 Å². The van der Waals surface area contributed by atoms with Gasteiger partial charge in [0.2, 0.25) is 0 Å². The van der Waals surface area contributed by atoms with Crippen LogP contribution in [0.5, 0.6) is 11.5 Å². The Morgan fingerprint density at radius 2 is 1.93 bits per heavy atom. The molecule has 29 heavy (non-hydrogen) atoms. The van der Waals surface area contributed by atoms with E-state index in [0.717, 1.165) is 10.9 Å². The van der Waals surface area contributed by atoms with E-state index in [9.17, 15) is 13.6 Å². The minimum Gasteiger partial charge on any atom is -0.490 e. The minimum absolute atomic E-state index is 0.0451. The number of rotatable bonds is 7. The standard InChI is InChI=1S/C21H21ClF2N2O3/c1-4-28-17-11-13(9-10-16(17)29-21(23)24)12-25(2)20(27)19-18(22)14-7-5-6-8-15(14)26(19)3/h5-11,21H,4,12H2,1-3H3. The molecular weight excluding hydrogens is 402 g/mol. The summed E-state index contributed by atoms with van der Waals surface area (Å²) >= 11 is 6.46. The monoisotopic (exact) mass is 422 g/mol. The lowest BCUT2D eigenvalue weighted by Crippen LogP contribution is -2.28. The second-order valence-electron chi connectivity index (χ2n) is 6.49. The van der Waals surface area contributed by atoms with E-state index in [2.05, 4.69) is 4.74 Å². The van der Waals surface area contributed by atoms with Crippen LogP contribution in [0.15, 0.2) is 42.5 Å². The number of aryl methyl sites for hydroxylation is 1. The average Bonchev–Trinajstić information content (AvgIpc) is 2.94. The summed E-state index contributed by atoms with van der Waals surface area (Å²) < 4.78 is 36.8. The Morgan fingerprint density at radius 1 is 1.21 bits per heavy atom. The first kappa shape index (κ1) is 20.9. The van der Waals surface area contributed by atoms with Crippen molar-refractivity contribution >= 4 is 28.4 Å². The van der Waals surface area contributed by atoms with E-state index in [4.69, 9.17) is 16.3 Å². The number of benzene rings is 2. The van der Waals surface area contributed by atoms with Gasteiger partial charge in [0.25, 0.3) is 5.91 Å². The normalized spacial score (nSPS) is 11.1. The maximum atomic E-state index is 13.0. The van der Waals surface area contributed by atoms with Crippen molar-refractivity contribution in [2.24, 2.45) is 7.05 Å². The number of para-hydroxylation sites is 1. The molecular formula is C21H21ClF2N2O3. The Balaban J connectivity index is 1.86. The topological polar surface area (TPSA) is 43.7 Å². The van der Waals surface area contributed by atoms with Crippen LogP contribution in [-0.2, 0) is 13.6 Å². The van der Waals surface area contributed by atoms with Crippen LogP contribution in [0.3, 0.4) is 0 Å². The van der Waals surface area contributed by atoms with E-state index < -0.39 is 6.61 Å². The van der Waals surface area contributed by atoms with Crippen LogP contribution >= 0.6 is 11.6 Å². The lowest BCUT2D eigenvalue weighted by atomic mass is 10.2. The zero-order valence-electron chi connectivity index (χ0n) is 16.3. The number of halogens is 3. The molecule has 0 radical (unpaired) electrons. The van der Waals surface area contributed by atoms with Gasteiger partial charge in [0, 0.05) is 31.5 Å². The van der Waals surface area contributed by atoms with Crippen molar-refractivity contribution in [3.8, 4) is 11.5 Å². The summed E-state index contributed by atoms with van der Waals surface area (Å²) in [6.45, 7) is -0.663. The molecule has 1 heterocycles. The summed E-state index contributed by atoms with van der Waals surface area (Å²) in [6.07, 6.45) is 0. The number of alkyl halides is 2. The van der Waals surface area contributed by atoms with Crippen molar-refractivity contribution in [1.82, 2.24) is 9.47 Å². The Labute approximate surface area is 172 Å². The fourth-order valence-corrected chi connectivity index (χ4v) is 3.59. The fraction of sp³-hybridized carbons (Fsp3) is 0.286. The van der Waals surface area contributed by atoms with Crippen LogP contribution in [0, 0.1) is 0 Å². The molecule has 0 spiro atoms. The number of carbonyl (C=O) groups excluding carboxylic acids is 1. The van der Waals surface area contributed by atoms with Gasteiger partial charge in [-0.1, -0.05) is 35.9 Å². The van der Waals surface area contributed by atoms with Crippen LogP contribution in [-0.4, -0.2) is 35.6 Å². The summed E-state index contributed by atoms with van der Waals surface area (Å²) in [6, 6.07) is 12.1. The van der Waals surface area contributed by atoms with Crippen molar-refractivity contribution in [3.05, 3.63) is 58.7 Å². The van der Waals surface area contributed by atoms with E-state index >= 15 is 0 Å². The van der Waals surface area contributed by atoms with E-state index in [-0.39, 0.29) is 24.0 Å². The van der Waals surface area contributed by atoms with Crippen LogP contribution in [0.25, 0.3) is 10.9 Å². The number of carbonyl (C=O) groups is 1. The summed E-state index contributed by atoms with van der Waals surface area (Å²) in [4.78, 5) is 14.6. The molecule has 0 N–H and O–H groups in total. The number of nitrogens with zero attached hydrogens (tertiary/aromatic N) is 2. The van der Waals surface area contributed by atoms with Crippen LogP contribution in [0.2, 0.25) is 5.02 Å². The largest absolute Gasteiger partial charge is 0.490 e. The zero-order valence-corrected chi connectivity index (χ0v) is 17.0. The zero-order chi connectivity index (χ0) is 21.1. The maximum Gasteiger partial charge on any atom is 0.387 e. The Morgan fingerprint density at radius 3 is 2.59 bits per heavy atom. The lowest BCUT2D eigenvalue weighted by Gasteiger charge is -2.19. The minimum atomic E-state index is -2.95. The lowest BCUT2D eigenvalue weighted by molar-refractivity contribution is -0.0514. The highest BCUT2D eigenvalue weighted by Gasteiger charge is 2.23. The third-order valence-electron chi connectivity index (χ3n) is 4.54. The number of fused-ring (bicyclic) bond motifs is 1. The van der Waals surface area contributed by atoms with E-state index in [1.54, 1.807) is 37.7 Å². The predicted molar refractivity (Wildman–Crippen MR) is 108 cm³/mol. The van der Waals surface area contributed by atoms with Gasteiger partial charge in [-0.25, -0.2) is 0 Å². The van der Waals surface area contributed by atoms with Crippen LogP contribution < -0.4 is 9.47 Å². The van der Waals surface area contributed by atoms with Gasteiger partial charge in [0.15, 0.2) is 11.5 Å². The number of amides is 1. The first-order valence-corrected chi connectivity index (χ1v) is 9.40. The summed E-state index contributed by atoms with van der Waals surface area (Å²) in [7, 11) is 3.44. The Hall–Kier alpha value is -2.80. The second kappa shape index (κ2) is 8.69. The number of aromatic nitrogens is 1. The molecule has 0 atom stereocenters. The molecule has 0 bridgehead atoms. The number of hydrogen-bond donors (Lipinski definition) is 0. The molecule has 0 saturated heterocycles. The van der Waals surface area contributed by atoms with Gasteiger partial charge in [0.1, 0.15) is 5.69 Å². The molecule has 1 amide bonds. The fourth-order valence-electron chi connectivity index (χ4n) is 3.22. The predicted octanol–water partition coefficient (Wildman–Crippen LogP) is 5.10. The van der Waals surface area contributed by atoms with E-state index in [1.165, 1.54) is 11.0 Å². The van der Waals surface area contributed by atoms with Gasteiger partial charge in [-0.05, 0) is 30.7 Å². The molecule has 0 aliphatic rings. The Bertz CT molecular complexity index is 997.